The SMILES string of the molecule is Cn1ncc(C(=O)O)c1COc1cccc(OC(F)(F)F)c1. The average molecular weight is 316 g/mol. The maximum Gasteiger partial charge on any atom is 0.573 e. The average Bonchev–Trinajstić information content (AvgIpc) is 2.76. The van der Waals surface area contributed by atoms with Crippen LogP contribution >= 0.6 is 0 Å². The van der Waals surface area contributed by atoms with Crippen LogP contribution in [-0.4, -0.2) is 27.2 Å². The van der Waals surface area contributed by atoms with Gasteiger partial charge in [-0.1, -0.05) is 6.07 Å². The number of aromatic nitrogens is 2. The molecule has 0 aliphatic rings. The van der Waals surface area contributed by atoms with Gasteiger partial charge in [-0.15, -0.1) is 13.2 Å². The lowest BCUT2D eigenvalue weighted by molar-refractivity contribution is -0.274. The zero-order valence-electron chi connectivity index (χ0n) is 11.3. The maximum absolute atomic E-state index is 12.1. The van der Waals surface area contributed by atoms with Gasteiger partial charge in [0.25, 0.3) is 0 Å². The fourth-order valence-corrected chi connectivity index (χ4v) is 1.73. The molecule has 22 heavy (non-hydrogen) atoms. The van der Waals surface area contributed by atoms with Crippen LogP contribution in [0.4, 0.5) is 13.2 Å². The van der Waals surface area contributed by atoms with Gasteiger partial charge in [-0.25, -0.2) is 4.79 Å². The highest BCUT2D eigenvalue weighted by atomic mass is 19.4. The van der Waals surface area contributed by atoms with Crippen molar-refractivity contribution in [3.05, 3.63) is 41.7 Å². The summed E-state index contributed by atoms with van der Waals surface area (Å²) in [6, 6.07) is 4.95. The number of hydrogen-bond acceptors (Lipinski definition) is 4. The number of carboxylic acid groups (broad SMARTS) is 1. The fourth-order valence-electron chi connectivity index (χ4n) is 1.73. The summed E-state index contributed by atoms with van der Waals surface area (Å²) >= 11 is 0. The number of aromatic carboxylic acids is 1. The number of nitrogens with zero attached hydrogens (tertiary/aromatic N) is 2. The molecular formula is C13H11F3N2O4. The molecule has 1 heterocycles. The zero-order valence-corrected chi connectivity index (χ0v) is 11.3. The smallest absolute Gasteiger partial charge is 0.487 e. The van der Waals surface area contributed by atoms with Gasteiger partial charge in [-0.05, 0) is 12.1 Å². The molecule has 2 rings (SSSR count). The molecule has 0 spiro atoms. The van der Waals surface area contributed by atoms with Crippen molar-refractivity contribution < 1.29 is 32.5 Å². The summed E-state index contributed by atoms with van der Waals surface area (Å²) in [6.45, 7) is -0.159. The first-order valence-corrected chi connectivity index (χ1v) is 5.99. The van der Waals surface area contributed by atoms with Crippen LogP contribution in [0.5, 0.6) is 11.5 Å². The Morgan fingerprint density at radius 3 is 2.68 bits per heavy atom. The highest BCUT2D eigenvalue weighted by molar-refractivity contribution is 5.88. The molecule has 0 amide bonds. The number of benzene rings is 1. The molecule has 0 aliphatic carbocycles. The van der Waals surface area contributed by atoms with Crippen molar-refractivity contribution in [1.29, 1.82) is 0 Å². The second kappa shape index (κ2) is 5.96. The van der Waals surface area contributed by atoms with E-state index < -0.39 is 18.1 Å². The number of aryl methyl sites for hydroxylation is 1. The van der Waals surface area contributed by atoms with Crippen molar-refractivity contribution in [2.75, 3.05) is 0 Å². The third-order valence-electron chi connectivity index (χ3n) is 2.71. The Hall–Kier alpha value is -2.71. The van der Waals surface area contributed by atoms with Gasteiger partial charge in [-0.2, -0.15) is 5.10 Å². The summed E-state index contributed by atoms with van der Waals surface area (Å²) in [5, 5.41) is 12.8. The normalized spacial score (nSPS) is 11.3. The second-order valence-electron chi connectivity index (χ2n) is 4.25. The van der Waals surface area contributed by atoms with Crippen LogP contribution in [-0.2, 0) is 13.7 Å². The number of carboxylic acids is 1. The lowest BCUT2D eigenvalue weighted by Gasteiger charge is -2.11. The van der Waals surface area contributed by atoms with Gasteiger partial charge >= 0.3 is 12.3 Å². The Morgan fingerprint density at radius 1 is 1.36 bits per heavy atom. The van der Waals surface area contributed by atoms with Crippen molar-refractivity contribution in [2.24, 2.45) is 7.05 Å². The monoisotopic (exact) mass is 316 g/mol. The van der Waals surface area contributed by atoms with Crippen molar-refractivity contribution in [2.45, 2.75) is 13.0 Å². The number of carbonyl (C=O) groups is 1. The molecule has 0 fully saturated rings. The molecule has 9 heteroatoms. The number of rotatable bonds is 5. The van der Waals surface area contributed by atoms with Crippen LogP contribution in [0.1, 0.15) is 16.1 Å². The molecule has 0 bridgehead atoms. The molecule has 0 unspecified atom stereocenters. The van der Waals surface area contributed by atoms with E-state index in [4.69, 9.17) is 9.84 Å². The number of ether oxygens (including phenoxy) is 2. The van der Waals surface area contributed by atoms with E-state index in [1.807, 2.05) is 0 Å². The van der Waals surface area contributed by atoms with Crippen LogP contribution in [0.3, 0.4) is 0 Å². The summed E-state index contributed by atoms with van der Waals surface area (Å²) in [5.74, 6) is -1.48. The van der Waals surface area contributed by atoms with Crippen LogP contribution in [0.2, 0.25) is 0 Å². The highest BCUT2D eigenvalue weighted by Crippen LogP contribution is 2.26. The van der Waals surface area contributed by atoms with Crippen LogP contribution in [0.15, 0.2) is 30.5 Å². The van der Waals surface area contributed by atoms with Crippen LogP contribution < -0.4 is 9.47 Å². The quantitative estimate of drug-likeness (QED) is 0.918. The van der Waals surface area contributed by atoms with Gasteiger partial charge in [0.05, 0.1) is 11.9 Å². The first kappa shape index (κ1) is 15.7. The van der Waals surface area contributed by atoms with Crippen molar-refractivity contribution in [1.82, 2.24) is 9.78 Å². The number of alkyl halides is 3. The summed E-state index contributed by atoms with van der Waals surface area (Å²) < 4.78 is 46.8. The van der Waals surface area contributed by atoms with Crippen LogP contribution in [0.25, 0.3) is 0 Å². The summed E-state index contributed by atoms with van der Waals surface area (Å²) in [6.07, 6.45) is -3.62. The topological polar surface area (TPSA) is 73.6 Å². The molecule has 0 saturated heterocycles. The third kappa shape index (κ3) is 3.90. The molecule has 0 saturated carbocycles. The van der Waals surface area contributed by atoms with Gasteiger partial charge in [0.1, 0.15) is 23.7 Å². The Morgan fingerprint density at radius 2 is 2.05 bits per heavy atom. The second-order valence-corrected chi connectivity index (χ2v) is 4.25. The Balaban J connectivity index is 2.11. The minimum absolute atomic E-state index is 0.0369. The van der Waals surface area contributed by atoms with E-state index in [0.717, 1.165) is 12.1 Å². The molecule has 0 aliphatic heterocycles. The lowest BCUT2D eigenvalue weighted by atomic mass is 10.2. The van der Waals surface area contributed by atoms with E-state index in [1.54, 1.807) is 0 Å². The van der Waals surface area contributed by atoms with Crippen LogP contribution in [0, 0.1) is 0 Å². The summed E-state index contributed by atoms with van der Waals surface area (Å²) in [5.41, 5.74) is 0.250. The minimum atomic E-state index is -4.79. The number of halogens is 3. The lowest BCUT2D eigenvalue weighted by Crippen LogP contribution is -2.17. The Labute approximate surface area is 122 Å². The molecule has 6 nitrogen and oxygen atoms in total. The zero-order chi connectivity index (χ0) is 16.3. The molecule has 1 aromatic carbocycles. The Kier molecular flexibility index (Phi) is 4.25. The first-order valence-electron chi connectivity index (χ1n) is 5.99. The van der Waals surface area contributed by atoms with Crippen molar-refractivity contribution in [3.63, 3.8) is 0 Å². The van der Waals surface area contributed by atoms with E-state index >= 15 is 0 Å². The fraction of sp³-hybridized carbons (Fsp3) is 0.231. The summed E-state index contributed by atoms with van der Waals surface area (Å²) in [7, 11) is 1.54. The van der Waals surface area contributed by atoms with Gasteiger partial charge in [-0.3, -0.25) is 4.68 Å². The van der Waals surface area contributed by atoms with E-state index in [2.05, 4.69) is 9.84 Å². The predicted octanol–water partition coefficient (Wildman–Crippen LogP) is 2.60. The number of hydrogen-bond donors (Lipinski definition) is 1. The van der Waals surface area contributed by atoms with E-state index in [-0.39, 0.29) is 23.6 Å². The highest BCUT2D eigenvalue weighted by Gasteiger charge is 2.31. The molecular weight excluding hydrogens is 305 g/mol. The molecule has 0 radical (unpaired) electrons. The third-order valence-corrected chi connectivity index (χ3v) is 2.71. The van der Waals surface area contributed by atoms with Crippen molar-refractivity contribution >= 4 is 5.97 Å². The predicted molar refractivity (Wildman–Crippen MR) is 67.6 cm³/mol. The summed E-state index contributed by atoms with van der Waals surface area (Å²) in [4.78, 5) is 11.0. The van der Waals surface area contributed by atoms with Crippen molar-refractivity contribution in [3.8, 4) is 11.5 Å². The van der Waals surface area contributed by atoms with Gasteiger partial charge in [0, 0.05) is 13.1 Å². The van der Waals surface area contributed by atoms with Gasteiger partial charge < -0.3 is 14.6 Å². The largest absolute Gasteiger partial charge is 0.573 e. The minimum Gasteiger partial charge on any atom is -0.487 e. The maximum atomic E-state index is 12.1. The molecule has 2 aromatic rings. The van der Waals surface area contributed by atoms with E-state index in [1.165, 1.54) is 30.1 Å². The molecule has 0 atom stereocenters. The van der Waals surface area contributed by atoms with E-state index in [9.17, 15) is 18.0 Å². The van der Waals surface area contributed by atoms with Gasteiger partial charge in [0.2, 0.25) is 0 Å². The standard InChI is InChI=1S/C13H11F3N2O4/c1-18-11(10(6-17-18)12(19)20)7-21-8-3-2-4-9(5-8)22-13(14,15)16/h2-6H,7H2,1H3,(H,19,20). The molecule has 1 N–H and O–H groups in total. The van der Waals surface area contributed by atoms with Gasteiger partial charge in [0.15, 0.2) is 0 Å². The molecule has 118 valence electrons. The van der Waals surface area contributed by atoms with E-state index in [0.29, 0.717) is 0 Å². The Bertz CT molecular complexity index is 682. The first-order chi connectivity index (χ1) is 10.3. The molecule has 1 aromatic heterocycles.